The molecule has 3 aromatic rings. The van der Waals surface area contributed by atoms with Crippen LogP contribution in [0.25, 0.3) is 11.1 Å². The summed E-state index contributed by atoms with van der Waals surface area (Å²) >= 11 is 0. The van der Waals surface area contributed by atoms with E-state index < -0.39 is 18.0 Å². The van der Waals surface area contributed by atoms with Crippen LogP contribution in [0.2, 0.25) is 0 Å². The molecule has 1 atom stereocenters. The number of cyclic esters (lactones) is 1. The summed E-state index contributed by atoms with van der Waals surface area (Å²) in [5.41, 5.74) is 1.54. The lowest BCUT2D eigenvalue weighted by molar-refractivity contribution is -0.119. The van der Waals surface area contributed by atoms with Crippen LogP contribution in [-0.4, -0.2) is 47.1 Å². The second-order valence-electron chi connectivity index (χ2n) is 7.35. The molecular weight excluding hydrogens is 429 g/mol. The minimum Gasteiger partial charge on any atom is -0.442 e. The zero-order valence-electron chi connectivity index (χ0n) is 17.6. The van der Waals surface area contributed by atoms with E-state index in [1.54, 1.807) is 42.6 Å². The topological polar surface area (TPSA) is 114 Å². The molecule has 0 aliphatic carbocycles. The van der Waals surface area contributed by atoms with Gasteiger partial charge in [-0.1, -0.05) is 0 Å². The highest BCUT2D eigenvalue weighted by Gasteiger charge is 2.32. The van der Waals surface area contributed by atoms with E-state index >= 15 is 0 Å². The van der Waals surface area contributed by atoms with Crippen LogP contribution in [0.3, 0.4) is 0 Å². The molecule has 10 heteroatoms. The van der Waals surface area contributed by atoms with E-state index in [1.807, 2.05) is 0 Å². The zero-order chi connectivity index (χ0) is 23.4. The molecule has 2 N–H and O–H groups in total. The van der Waals surface area contributed by atoms with Gasteiger partial charge in [0.05, 0.1) is 24.3 Å². The van der Waals surface area contributed by atoms with Crippen LogP contribution in [0.1, 0.15) is 17.3 Å². The molecule has 33 heavy (non-hydrogen) atoms. The summed E-state index contributed by atoms with van der Waals surface area (Å²) in [5, 5.41) is 5.25. The molecule has 3 heterocycles. The second-order valence-corrected chi connectivity index (χ2v) is 7.35. The van der Waals surface area contributed by atoms with Crippen LogP contribution in [0, 0.1) is 5.82 Å². The van der Waals surface area contributed by atoms with Gasteiger partial charge in [-0.15, -0.1) is 0 Å². The van der Waals surface area contributed by atoms with Crippen molar-refractivity contribution < 1.29 is 23.5 Å². The van der Waals surface area contributed by atoms with Gasteiger partial charge in [-0.2, -0.15) is 0 Å². The fraction of sp³-hybridized carbons (Fsp3) is 0.174. The number of hydrogen-bond donors (Lipinski definition) is 2. The number of nitrogens with one attached hydrogen (secondary N) is 2. The fourth-order valence-corrected chi connectivity index (χ4v) is 3.31. The van der Waals surface area contributed by atoms with E-state index in [4.69, 9.17) is 4.74 Å². The highest BCUT2D eigenvalue weighted by atomic mass is 19.1. The lowest BCUT2D eigenvalue weighted by atomic mass is 10.1. The number of pyridine rings is 2. The van der Waals surface area contributed by atoms with Gasteiger partial charge in [0.2, 0.25) is 5.91 Å². The summed E-state index contributed by atoms with van der Waals surface area (Å²) in [6.07, 6.45) is 3.35. The number of hydrogen-bond acceptors (Lipinski definition) is 6. The molecule has 1 aliphatic heterocycles. The van der Waals surface area contributed by atoms with Crippen molar-refractivity contribution >= 4 is 29.4 Å². The number of aromatic nitrogens is 2. The van der Waals surface area contributed by atoms with Crippen LogP contribution in [0.15, 0.2) is 61.1 Å². The highest BCUT2D eigenvalue weighted by Crippen LogP contribution is 2.29. The Kier molecular flexibility index (Phi) is 6.25. The van der Waals surface area contributed by atoms with E-state index in [0.29, 0.717) is 28.2 Å². The Balaban J connectivity index is 1.44. The molecule has 0 spiro atoms. The number of carbonyl (C=O) groups is 3. The Hall–Kier alpha value is -4.34. The number of anilines is 2. The van der Waals surface area contributed by atoms with E-state index in [0.717, 1.165) is 0 Å². The van der Waals surface area contributed by atoms with E-state index in [-0.39, 0.29) is 24.9 Å². The van der Waals surface area contributed by atoms with Crippen molar-refractivity contribution in [1.29, 1.82) is 0 Å². The van der Waals surface area contributed by atoms with E-state index in [1.165, 1.54) is 30.3 Å². The third-order valence-corrected chi connectivity index (χ3v) is 4.96. The van der Waals surface area contributed by atoms with Gasteiger partial charge in [0.15, 0.2) is 0 Å². The van der Waals surface area contributed by atoms with Crippen molar-refractivity contribution in [2.75, 3.05) is 23.3 Å². The number of benzene rings is 1. The van der Waals surface area contributed by atoms with Gasteiger partial charge in [-0.3, -0.25) is 19.5 Å². The molecule has 168 valence electrons. The second kappa shape index (κ2) is 9.43. The largest absolute Gasteiger partial charge is 0.442 e. The summed E-state index contributed by atoms with van der Waals surface area (Å²) in [5.74, 6) is -0.807. The fourth-order valence-electron chi connectivity index (χ4n) is 3.31. The first-order valence-electron chi connectivity index (χ1n) is 10.1. The summed E-state index contributed by atoms with van der Waals surface area (Å²) in [7, 11) is 0. The summed E-state index contributed by atoms with van der Waals surface area (Å²) in [4.78, 5) is 44.8. The summed E-state index contributed by atoms with van der Waals surface area (Å²) < 4.78 is 20.1. The molecule has 4 rings (SSSR count). The van der Waals surface area contributed by atoms with Crippen molar-refractivity contribution in [3.8, 4) is 11.1 Å². The predicted molar refractivity (Wildman–Crippen MR) is 118 cm³/mol. The van der Waals surface area contributed by atoms with Gasteiger partial charge in [0.1, 0.15) is 17.7 Å². The SMILES string of the molecule is CC(=O)NC[C@H]1CN(c2ccc(-c3ccc(NC(=O)c4cccnc4)nc3)c(F)c2)C(=O)O1. The maximum absolute atomic E-state index is 14.9. The van der Waals surface area contributed by atoms with Crippen molar-refractivity contribution in [1.82, 2.24) is 15.3 Å². The van der Waals surface area contributed by atoms with Gasteiger partial charge in [0.25, 0.3) is 5.91 Å². The Morgan fingerprint density at radius 2 is 2.06 bits per heavy atom. The number of carbonyl (C=O) groups excluding carboxylic acids is 3. The number of rotatable bonds is 6. The Morgan fingerprint density at radius 3 is 2.73 bits per heavy atom. The molecule has 3 amide bonds. The summed E-state index contributed by atoms with van der Waals surface area (Å²) in [6, 6.07) is 10.9. The molecule has 1 saturated heterocycles. The maximum Gasteiger partial charge on any atom is 0.414 e. The minimum absolute atomic E-state index is 0.188. The van der Waals surface area contributed by atoms with Gasteiger partial charge in [-0.05, 0) is 42.5 Å². The first-order valence-corrected chi connectivity index (χ1v) is 10.1. The van der Waals surface area contributed by atoms with Crippen molar-refractivity contribution in [3.05, 3.63) is 72.4 Å². The number of nitrogens with zero attached hydrogens (tertiary/aromatic N) is 3. The monoisotopic (exact) mass is 449 g/mol. The lowest BCUT2D eigenvalue weighted by Gasteiger charge is -2.14. The van der Waals surface area contributed by atoms with Crippen LogP contribution >= 0.6 is 0 Å². The summed E-state index contributed by atoms with van der Waals surface area (Å²) in [6.45, 7) is 1.76. The smallest absolute Gasteiger partial charge is 0.414 e. The van der Waals surface area contributed by atoms with E-state index in [2.05, 4.69) is 20.6 Å². The number of halogens is 1. The zero-order valence-corrected chi connectivity index (χ0v) is 17.6. The predicted octanol–water partition coefficient (Wildman–Crippen LogP) is 3.00. The third-order valence-electron chi connectivity index (χ3n) is 4.96. The molecule has 0 unspecified atom stereocenters. The average molecular weight is 449 g/mol. The van der Waals surface area contributed by atoms with Gasteiger partial charge in [0, 0.05) is 36.6 Å². The Labute approximate surface area is 188 Å². The van der Waals surface area contributed by atoms with Crippen molar-refractivity contribution in [2.24, 2.45) is 0 Å². The minimum atomic E-state index is -0.604. The molecule has 1 aliphatic rings. The van der Waals surface area contributed by atoms with Crippen molar-refractivity contribution in [2.45, 2.75) is 13.0 Å². The van der Waals surface area contributed by atoms with Gasteiger partial charge < -0.3 is 15.4 Å². The van der Waals surface area contributed by atoms with Crippen LogP contribution in [0.4, 0.5) is 20.7 Å². The Morgan fingerprint density at radius 1 is 1.21 bits per heavy atom. The lowest BCUT2D eigenvalue weighted by Crippen LogP contribution is -2.33. The number of amides is 3. The van der Waals surface area contributed by atoms with Gasteiger partial charge in [-0.25, -0.2) is 14.2 Å². The normalized spacial score (nSPS) is 15.2. The molecule has 1 fully saturated rings. The quantitative estimate of drug-likeness (QED) is 0.598. The van der Waals surface area contributed by atoms with E-state index in [9.17, 15) is 18.8 Å². The van der Waals surface area contributed by atoms with Crippen molar-refractivity contribution in [3.63, 3.8) is 0 Å². The first-order chi connectivity index (χ1) is 15.9. The Bertz CT molecular complexity index is 1190. The molecule has 9 nitrogen and oxygen atoms in total. The standard InChI is InChI=1S/C23H20FN5O4/c1-14(30)26-12-18-13-29(23(32)33-18)17-5-6-19(20(24)9-17)15-4-7-21(27-11-15)28-22(31)16-3-2-8-25-10-16/h2-11,18H,12-13H2,1H3,(H,26,30)(H,27,28,31)/t18-/m0/s1. The molecule has 1 aromatic carbocycles. The molecule has 0 radical (unpaired) electrons. The highest BCUT2D eigenvalue weighted by molar-refractivity contribution is 6.03. The molecular formula is C23H20FN5O4. The first kappa shape index (κ1) is 21.9. The molecule has 0 bridgehead atoms. The maximum atomic E-state index is 14.9. The van der Waals surface area contributed by atoms with Crippen LogP contribution in [0.5, 0.6) is 0 Å². The number of ether oxygens (including phenoxy) is 1. The van der Waals surface area contributed by atoms with Gasteiger partial charge >= 0.3 is 6.09 Å². The molecule has 2 aromatic heterocycles. The van der Waals surface area contributed by atoms with Crippen LogP contribution < -0.4 is 15.5 Å². The average Bonchev–Trinajstić information content (AvgIpc) is 3.19. The van der Waals surface area contributed by atoms with Crippen LogP contribution in [-0.2, 0) is 9.53 Å². The third kappa shape index (κ3) is 5.12. The molecule has 0 saturated carbocycles.